The molecule has 0 bridgehead atoms. The van der Waals surface area contributed by atoms with Crippen LogP contribution >= 0.6 is 0 Å². The maximum absolute atomic E-state index is 5.99. The van der Waals surface area contributed by atoms with Crippen molar-refractivity contribution in [1.29, 1.82) is 0 Å². The highest BCUT2D eigenvalue weighted by atomic mass is 15.2. The average molecular weight is 233 g/mol. The number of anilines is 1. The summed E-state index contributed by atoms with van der Waals surface area (Å²) in [5.74, 6) is 0. The number of likely N-dealkylation sites (tertiary alicyclic amines) is 1. The van der Waals surface area contributed by atoms with Crippen molar-refractivity contribution in [2.45, 2.75) is 25.4 Å². The van der Waals surface area contributed by atoms with Gasteiger partial charge in [0.1, 0.15) is 0 Å². The first kappa shape index (κ1) is 12.4. The second kappa shape index (κ2) is 5.52. The molecule has 1 atom stereocenters. The minimum absolute atomic E-state index is 0.661. The maximum atomic E-state index is 5.99. The van der Waals surface area contributed by atoms with Gasteiger partial charge < -0.3 is 10.6 Å². The van der Waals surface area contributed by atoms with Gasteiger partial charge in [-0.3, -0.25) is 4.90 Å². The fourth-order valence-corrected chi connectivity index (χ4v) is 2.57. The molecule has 0 amide bonds. The molecule has 0 spiro atoms. The van der Waals surface area contributed by atoms with Gasteiger partial charge >= 0.3 is 0 Å². The third kappa shape index (κ3) is 3.20. The molecule has 1 unspecified atom stereocenters. The Labute approximate surface area is 104 Å². The van der Waals surface area contributed by atoms with Gasteiger partial charge in [-0.25, -0.2) is 0 Å². The molecule has 0 aromatic heterocycles. The fraction of sp³-hybridized carbons (Fsp3) is 0.571. The third-order valence-corrected chi connectivity index (χ3v) is 3.70. The summed E-state index contributed by atoms with van der Waals surface area (Å²) in [6.45, 7) is 3.35. The molecule has 0 saturated carbocycles. The first-order valence-electron chi connectivity index (χ1n) is 6.39. The molecular weight excluding hydrogens is 210 g/mol. The average Bonchev–Trinajstić information content (AvgIpc) is 2.32. The number of nitrogens with zero attached hydrogens (tertiary/aromatic N) is 2. The zero-order valence-corrected chi connectivity index (χ0v) is 10.9. The molecule has 2 rings (SSSR count). The van der Waals surface area contributed by atoms with Crippen LogP contribution in [-0.2, 0) is 6.54 Å². The van der Waals surface area contributed by atoms with Crippen molar-refractivity contribution in [1.82, 2.24) is 9.80 Å². The summed E-state index contributed by atoms with van der Waals surface area (Å²) in [5, 5.41) is 0. The SMILES string of the molecule is CN1CCCC(N(C)Cc2ccccc2N)C1. The van der Waals surface area contributed by atoms with Crippen LogP contribution < -0.4 is 5.73 Å². The van der Waals surface area contributed by atoms with Gasteiger partial charge in [-0.1, -0.05) is 18.2 Å². The molecule has 94 valence electrons. The van der Waals surface area contributed by atoms with E-state index in [-0.39, 0.29) is 0 Å². The van der Waals surface area contributed by atoms with Crippen LogP contribution in [0.4, 0.5) is 5.69 Å². The second-order valence-electron chi connectivity index (χ2n) is 5.17. The lowest BCUT2D eigenvalue weighted by Crippen LogP contribution is -2.44. The van der Waals surface area contributed by atoms with Gasteiger partial charge in [-0.05, 0) is 45.1 Å². The van der Waals surface area contributed by atoms with Gasteiger partial charge in [-0.15, -0.1) is 0 Å². The highest BCUT2D eigenvalue weighted by Crippen LogP contribution is 2.18. The molecule has 1 aliphatic heterocycles. The number of hydrogen-bond donors (Lipinski definition) is 1. The first-order valence-corrected chi connectivity index (χ1v) is 6.39. The van der Waals surface area contributed by atoms with Crippen LogP contribution in [0.5, 0.6) is 0 Å². The Morgan fingerprint density at radius 3 is 2.88 bits per heavy atom. The molecule has 1 fully saturated rings. The van der Waals surface area contributed by atoms with Crippen molar-refractivity contribution in [2.24, 2.45) is 0 Å². The van der Waals surface area contributed by atoms with Crippen molar-refractivity contribution in [3.63, 3.8) is 0 Å². The summed E-state index contributed by atoms with van der Waals surface area (Å²) < 4.78 is 0. The van der Waals surface area contributed by atoms with Gasteiger partial charge in [0.25, 0.3) is 0 Å². The van der Waals surface area contributed by atoms with Crippen molar-refractivity contribution in [3.05, 3.63) is 29.8 Å². The topological polar surface area (TPSA) is 32.5 Å². The molecule has 17 heavy (non-hydrogen) atoms. The highest BCUT2D eigenvalue weighted by molar-refractivity contribution is 5.46. The molecule has 1 aliphatic rings. The normalized spacial score (nSPS) is 21.9. The summed E-state index contributed by atoms with van der Waals surface area (Å²) >= 11 is 0. The van der Waals surface area contributed by atoms with Gasteiger partial charge in [0.05, 0.1) is 0 Å². The lowest BCUT2D eigenvalue weighted by Gasteiger charge is -2.36. The van der Waals surface area contributed by atoms with Crippen LogP contribution in [0, 0.1) is 0 Å². The fourth-order valence-electron chi connectivity index (χ4n) is 2.57. The summed E-state index contributed by atoms with van der Waals surface area (Å²) in [6, 6.07) is 8.82. The molecule has 1 saturated heterocycles. The smallest absolute Gasteiger partial charge is 0.0359 e. The van der Waals surface area contributed by atoms with E-state index in [0.717, 1.165) is 12.2 Å². The minimum Gasteiger partial charge on any atom is -0.398 e. The standard InChI is InChI=1S/C14H23N3/c1-16-9-5-7-13(11-16)17(2)10-12-6-3-4-8-14(12)15/h3-4,6,8,13H,5,7,9-11,15H2,1-2H3. The number of rotatable bonds is 3. The van der Waals surface area contributed by atoms with Crippen molar-refractivity contribution < 1.29 is 0 Å². The Hall–Kier alpha value is -1.06. The number of hydrogen-bond acceptors (Lipinski definition) is 3. The van der Waals surface area contributed by atoms with E-state index in [1.54, 1.807) is 0 Å². The summed E-state index contributed by atoms with van der Waals surface area (Å²) in [6.07, 6.45) is 2.60. The van der Waals surface area contributed by atoms with E-state index in [0.29, 0.717) is 6.04 Å². The molecule has 1 aromatic carbocycles. The number of nitrogen functional groups attached to an aromatic ring is 1. The van der Waals surface area contributed by atoms with Gasteiger partial charge in [0.15, 0.2) is 0 Å². The number of piperidine rings is 1. The lowest BCUT2D eigenvalue weighted by molar-refractivity contribution is 0.129. The number of likely N-dealkylation sites (N-methyl/N-ethyl adjacent to an activating group) is 2. The number of para-hydroxylation sites is 1. The Morgan fingerprint density at radius 1 is 1.41 bits per heavy atom. The molecular formula is C14H23N3. The van der Waals surface area contributed by atoms with Gasteiger partial charge in [0, 0.05) is 24.8 Å². The predicted molar refractivity (Wildman–Crippen MR) is 72.8 cm³/mol. The van der Waals surface area contributed by atoms with Gasteiger partial charge in [0.2, 0.25) is 0 Å². The summed E-state index contributed by atoms with van der Waals surface area (Å²) in [4.78, 5) is 4.85. The number of nitrogens with two attached hydrogens (primary N) is 1. The molecule has 0 radical (unpaired) electrons. The largest absolute Gasteiger partial charge is 0.398 e. The molecule has 1 heterocycles. The monoisotopic (exact) mass is 233 g/mol. The van der Waals surface area contributed by atoms with Crippen LogP contribution in [0.1, 0.15) is 18.4 Å². The van der Waals surface area contributed by atoms with Crippen LogP contribution in [0.15, 0.2) is 24.3 Å². The minimum atomic E-state index is 0.661. The van der Waals surface area contributed by atoms with Crippen LogP contribution in [0.3, 0.4) is 0 Å². The Kier molecular flexibility index (Phi) is 4.02. The van der Waals surface area contributed by atoms with E-state index in [1.807, 2.05) is 12.1 Å². The van der Waals surface area contributed by atoms with Crippen molar-refractivity contribution >= 4 is 5.69 Å². The maximum Gasteiger partial charge on any atom is 0.0359 e. The van der Waals surface area contributed by atoms with Crippen molar-refractivity contribution in [2.75, 3.05) is 32.9 Å². The lowest BCUT2D eigenvalue weighted by atomic mass is 10.0. The van der Waals surface area contributed by atoms with Crippen LogP contribution in [0.25, 0.3) is 0 Å². The van der Waals surface area contributed by atoms with Crippen LogP contribution in [-0.4, -0.2) is 43.0 Å². The molecule has 2 N–H and O–H groups in total. The Morgan fingerprint density at radius 2 is 2.18 bits per heavy atom. The zero-order valence-electron chi connectivity index (χ0n) is 10.9. The highest BCUT2D eigenvalue weighted by Gasteiger charge is 2.21. The first-order chi connectivity index (χ1) is 8.16. The summed E-state index contributed by atoms with van der Waals surface area (Å²) in [7, 11) is 4.41. The molecule has 1 aromatic rings. The Bertz CT molecular complexity index is 364. The Balaban J connectivity index is 1.96. The van der Waals surface area contributed by atoms with E-state index in [9.17, 15) is 0 Å². The molecule has 3 heteroatoms. The predicted octanol–water partition coefficient (Wildman–Crippen LogP) is 1.79. The third-order valence-electron chi connectivity index (χ3n) is 3.70. The van der Waals surface area contributed by atoms with E-state index in [4.69, 9.17) is 5.73 Å². The van der Waals surface area contributed by atoms with E-state index < -0.39 is 0 Å². The van der Waals surface area contributed by atoms with Gasteiger partial charge in [-0.2, -0.15) is 0 Å². The van der Waals surface area contributed by atoms with E-state index in [2.05, 4.69) is 36.0 Å². The zero-order chi connectivity index (χ0) is 12.3. The quantitative estimate of drug-likeness (QED) is 0.808. The number of benzene rings is 1. The summed E-state index contributed by atoms with van der Waals surface area (Å²) in [5.41, 5.74) is 8.13. The van der Waals surface area contributed by atoms with Crippen molar-refractivity contribution in [3.8, 4) is 0 Å². The van der Waals surface area contributed by atoms with Crippen LogP contribution in [0.2, 0.25) is 0 Å². The van der Waals surface area contributed by atoms with E-state index in [1.165, 1.54) is 31.5 Å². The second-order valence-corrected chi connectivity index (χ2v) is 5.17. The van der Waals surface area contributed by atoms with E-state index >= 15 is 0 Å². The molecule has 3 nitrogen and oxygen atoms in total. The molecule has 0 aliphatic carbocycles.